The molecule has 2 atom stereocenters. The summed E-state index contributed by atoms with van der Waals surface area (Å²) < 4.78 is 37.6. The molecule has 2 aliphatic carbocycles. The van der Waals surface area contributed by atoms with E-state index in [2.05, 4.69) is 6.92 Å². The van der Waals surface area contributed by atoms with Gasteiger partial charge >= 0.3 is 0 Å². The van der Waals surface area contributed by atoms with Crippen LogP contribution in [0.5, 0.6) is 11.5 Å². The SMILES string of the molecule is CCCC1CCC(C2CCC(C[Si]c3cccc(OC(C)F)c3OC(C)F)CC2)CC1. The van der Waals surface area contributed by atoms with Gasteiger partial charge in [-0.1, -0.05) is 63.6 Å². The smallest absolute Gasteiger partial charge is 0.236 e. The van der Waals surface area contributed by atoms with Crippen molar-refractivity contribution in [3.8, 4) is 11.5 Å². The summed E-state index contributed by atoms with van der Waals surface area (Å²) in [6.45, 7) is 4.98. The number of hydrogen-bond acceptors (Lipinski definition) is 2. The molecular formula is C26H40F2O2Si. The molecule has 174 valence electrons. The minimum absolute atomic E-state index is 0.298. The van der Waals surface area contributed by atoms with E-state index in [1.807, 2.05) is 12.1 Å². The van der Waals surface area contributed by atoms with E-state index in [9.17, 15) is 8.78 Å². The van der Waals surface area contributed by atoms with E-state index in [-0.39, 0.29) is 0 Å². The van der Waals surface area contributed by atoms with Gasteiger partial charge in [0.1, 0.15) is 0 Å². The minimum atomic E-state index is -1.46. The molecule has 1 aromatic carbocycles. The largest absolute Gasteiger partial charge is 0.457 e. The number of alkyl halides is 2. The summed E-state index contributed by atoms with van der Waals surface area (Å²) in [6, 6.07) is 6.57. The van der Waals surface area contributed by atoms with Gasteiger partial charge in [-0.3, -0.25) is 0 Å². The molecule has 0 spiro atoms. The van der Waals surface area contributed by atoms with Crippen LogP contribution in [-0.2, 0) is 0 Å². The van der Waals surface area contributed by atoms with Crippen molar-refractivity contribution in [3.63, 3.8) is 0 Å². The fraction of sp³-hybridized carbons (Fsp3) is 0.769. The zero-order valence-electron chi connectivity index (χ0n) is 19.5. The number of hydrogen-bond donors (Lipinski definition) is 0. The lowest BCUT2D eigenvalue weighted by Gasteiger charge is -2.38. The minimum Gasteiger partial charge on any atom is -0.457 e. The van der Waals surface area contributed by atoms with Crippen LogP contribution in [0.15, 0.2) is 18.2 Å². The molecule has 0 saturated heterocycles. The molecule has 2 fully saturated rings. The van der Waals surface area contributed by atoms with Crippen molar-refractivity contribution in [2.75, 3.05) is 0 Å². The quantitative estimate of drug-likeness (QED) is 0.350. The van der Waals surface area contributed by atoms with Crippen molar-refractivity contribution in [2.24, 2.45) is 23.7 Å². The summed E-state index contributed by atoms with van der Waals surface area (Å²) in [5, 5.41) is 0.944. The molecule has 0 bridgehead atoms. The second-order valence-electron chi connectivity index (χ2n) is 9.69. The summed E-state index contributed by atoms with van der Waals surface area (Å²) in [5.74, 6) is 4.27. The number of halogens is 2. The van der Waals surface area contributed by atoms with Gasteiger partial charge in [0, 0.05) is 13.8 Å². The number of rotatable bonds is 10. The van der Waals surface area contributed by atoms with Gasteiger partial charge in [-0.15, -0.1) is 0 Å². The van der Waals surface area contributed by atoms with Crippen molar-refractivity contribution in [3.05, 3.63) is 18.2 Å². The molecule has 2 nitrogen and oxygen atoms in total. The summed E-state index contributed by atoms with van der Waals surface area (Å²) in [6.07, 6.45) is 11.0. The molecule has 0 N–H and O–H groups in total. The highest BCUT2D eigenvalue weighted by Gasteiger charge is 2.30. The fourth-order valence-corrected chi connectivity index (χ4v) is 7.15. The Morgan fingerprint density at radius 2 is 1.45 bits per heavy atom. The predicted molar refractivity (Wildman–Crippen MR) is 125 cm³/mol. The Labute approximate surface area is 190 Å². The maximum Gasteiger partial charge on any atom is 0.236 e. The Bertz CT molecular complexity index is 651. The zero-order valence-corrected chi connectivity index (χ0v) is 20.5. The Morgan fingerprint density at radius 1 is 0.871 bits per heavy atom. The summed E-state index contributed by atoms with van der Waals surface area (Å²) in [7, 11) is 0.527. The van der Waals surface area contributed by atoms with E-state index >= 15 is 0 Å². The molecular weight excluding hydrogens is 410 g/mol. The molecule has 31 heavy (non-hydrogen) atoms. The first kappa shape index (κ1) is 24.5. The van der Waals surface area contributed by atoms with Gasteiger partial charge in [0.15, 0.2) is 11.5 Å². The van der Waals surface area contributed by atoms with E-state index < -0.39 is 12.7 Å². The molecule has 1 aromatic rings. The second kappa shape index (κ2) is 12.2. The number of ether oxygens (including phenoxy) is 2. The predicted octanol–water partition coefficient (Wildman–Crippen LogP) is 7.24. The van der Waals surface area contributed by atoms with Crippen LogP contribution in [0.2, 0.25) is 6.04 Å². The highest BCUT2D eigenvalue weighted by Crippen LogP contribution is 2.43. The average molecular weight is 451 g/mol. The Balaban J connectivity index is 1.49. The zero-order chi connectivity index (χ0) is 22.2. The van der Waals surface area contributed by atoms with Crippen molar-refractivity contribution in [1.29, 1.82) is 0 Å². The van der Waals surface area contributed by atoms with Crippen LogP contribution in [0.25, 0.3) is 0 Å². The molecule has 0 aliphatic heterocycles. The molecule has 2 aliphatic rings. The lowest BCUT2D eigenvalue weighted by Crippen LogP contribution is -2.28. The highest BCUT2D eigenvalue weighted by molar-refractivity contribution is 6.54. The molecule has 0 amide bonds. The van der Waals surface area contributed by atoms with Crippen molar-refractivity contribution < 1.29 is 18.3 Å². The van der Waals surface area contributed by atoms with E-state index in [1.165, 1.54) is 78.1 Å². The Morgan fingerprint density at radius 3 is 2.00 bits per heavy atom. The van der Waals surface area contributed by atoms with E-state index in [0.29, 0.717) is 21.0 Å². The van der Waals surface area contributed by atoms with Gasteiger partial charge in [0.2, 0.25) is 12.7 Å². The van der Waals surface area contributed by atoms with Crippen molar-refractivity contribution in [1.82, 2.24) is 0 Å². The summed E-state index contributed by atoms with van der Waals surface area (Å²) >= 11 is 0. The number of para-hydroxylation sites is 1. The van der Waals surface area contributed by atoms with Gasteiger partial charge in [-0.25, -0.2) is 8.78 Å². The molecule has 0 aromatic heterocycles. The molecule has 2 radical (unpaired) electrons. The summed E-state index contributed by atoms with van der Waals surface area (Å²) in [5.41, 5.74) is 0. The van der Waals surface area contributed by atoms with E-state index in [1.54, 1.807) is 6.07 Å². The third-order valence-corrected chi connectivity index (χ3v) is 8.83. The molecule has 2 unspecified atom stereocenters. The molecule has 2 saturated carbocycles. The Hall–Kier alpha value is -1.10. The number of benzene rings is 1. The first-order valence-electron chi connectivity index (χ1n) is 12.4. The molecule has 3 rings (SSSR count). The Kier molecular flexibility index (Phi) is 9.67. The molecule has 5 heteroatoms. The van der Waals surface area contributed by atoms with Gasteiger partial charge in [-0.05, 0) is 60.6 Å². The second-order valence-corrected chi connectivity index (χ2v) is 11.0. The standard InChI is InChI=1S/C26H40F2O2Si/c1-4-6-20-9-13-22(14-10-20)23-15-11-21(12-16-23)17-31-25-8-5-7-24(29-18(2)27)26(25)30-19(3)28/h5,7-8,18-23H,4,6,9-17H2,1-3H3. The van der Waals surface area contributed by atoms with E-state index in [4.69, 9.17) is 9.47 Å². The third kappa shape index (κ3) is 7.47. The van der Waals surface area contributed by atoms with Gasteiger partial charge in [-0.2, -0.15) is 0 Å². The van der Waals surface area contributed by atoms with Crippen LogP contribution >= 0.6 is 0 Å². The first-order valence-corrected chi connectivity index (χ1v) is 13.6. The topological polar surface area (TPSA) is 18.5 Å². The van der Waals surface area contributed by atoms with Gasteiger partial charge in [0.05, 0.1) is 9.52 Å². The van der Waals surface area contributed by atoms with Crippen molar-refractivity contribution >= 4 is 14.7 Å². The third-order valence-electron chi connectivity index (χ3n) is 7.28. The van der Waals surface area contributed by atoms with Crippen LogP contribution in [0, 0.1) is 23.7 Å². The van der Waals surface area contributed by atoms with Crippen LogP contribution in [0.4, 0.5) is 8.78 Å². The van der Waals surface area contributed by atoms with Crippen LogP contribution < -0.4 is 14.7 Å². The fourth-order valence-electron chi connectivity index (χ4n) is 5.68. The lowest BCUT2D eigenvalue weighted by molar-refractivity contribution is 0.0592. The maximum absolute atomic E-state index is 13.6. The van der Waals surface area contributed by atoms with Crippen LogP contribution in [-0.4, -0.2) is 22.2 Å². The summed E-state index contributed by atoms with van der Waals surface area (Å²) in [4.78, 5) is 0. The van der Waals surface area contributed by atoms with Gasteiger partial charge < -0.3 is 9.47 Å². The van der Waals surface area contributed by atoms with Crippen LogP contribution in [0.3, 0.4) is 0 Å². The van der Waals surface area contributed by atoms with E-state index in [0.717, 1.165) is 34.9 Å². The van der Waals surface area contributed by atoms with Crippen molar-refractivity contribution in [2.45, 2.75) is 104 Å². The first-order chi connectivity index (χ1) is 15.0. The van der Waals surface area contributed by atoms with Gasteiger partial charge in [0.25, 0.3) is 0 Å². The average Bonchev–Trinajstić information content (AvgIpc) is 2.74. The monoisotopic (exact) mass is 450 g/mol. The molecule has 0 heterocycles. The van der Waals surface area contributed by atoms with Crippen LogP contribution in [0.1, 0.15) is 85.0 Å². The maximum atomic E-state index is 13.6. The normalized spacial score (nSPS) is 28.7. The highest BCUT2D eigenvalue weighted by atomic mass is 28.2. The lowest BCUT2D eigenvalue weighted by atomic mass is 9.69.